The molecule has 3 rings (SSSR count). The molecule has 1 aromatic carbocycles. The summed E-state index contributed by atoms with van der Waals surface area (Å²) in [6.45, 7) is -1.05. The molecule has 0 radical (unpaired) electrons. The number of nitrogens with zero attached hydrogens (tertiary/aromatic N) is 4. The standard InChI is InChI=1S/C33H42N14O11/c34-32(35)37-9-1-2-20(29(55)41-14-23(50)42-18(15-48)10-25(52)53)44-24(51)13-39-22(49)8-7-21(31(57)58)45-28(54)16-3-5-17(6-4-16)38-11-19-12-40-27-26(43-19)30(56)47-33(36)46-27/h3-6,12,15,18,20-21,38H,1-2,7-11,13-14H2,(H,39,49)(H,41,55)(H,42,50)(H,44,51)(H,45,54)(H,52,53)(H,57,58)(H4,34,35,37)(H3,36,40,46,47,56)/t18?,20-,21-/m0/s1. The van der Waals surface area contributed by atoms with Crippen LogP contribution in [0, 0.1) is 0 Å². The lowest BCUT2D eigenvalue weighted by molar-refractivity contribution is -0.140. The number of carbonyl (C=O) groups excluding carboxylic acids is 6. The molecule has 15 N–H and O–H groups in total. The summed E-state index contributed by atoms with van der Waals surface area (Å²) in [6, 6.07) is 1.91. The number of nitrogens with two attached hydrogens (primary N) is 3. The smallest absolute Gasteiger partial charge is 0.326 e. The molecule has 2 heterocycles. The minimum absolute atomic E-state index is 0.00635. The zero-order valence-electron chi connectivity index (χ0n) is 30.6. The van der Waals surface area contributed by atoms with E-state index in [0.29, 0.717) is 11.4 Å². The Kier molecular flexibility index (Phi) is 16.9. The summed E-state index contributed by atoms with van der Waals surface area (Å²) in [5, 5.41) is 33.0. The van der Waals surface area contributed by atoms with Crippen LogP contribution in [0.5, 0.6) is 0 Å². The summed E-state index contributed by atoms with van der Waals surface area (Å²) in [7, 11) is 0. The van der Waals surface area contributed by atoms with Gasteiger partial charge in [0.25, 0.3) is 11.5 Å². The van der Waals surface area contributed by atoms with E-state index < -0.39 is 91.1 Å². The van der Waals surface area contributed by atoms with Crippen molar-refractivity contribution >= 4 is 76.5 Å². The largest absolute Gasteiger partial charge is 0.481 e. The first kappa shape index (κ1) is 44.7. The van der Waals surface area contributed by atoms with Gasteiger partial charge in [-0.3, -0.25) is 43.5 Å². The number of amides is 5. The van der Waals surface area contributed by atoms with Crippen molar-refractivity contribution in [3.63, 3.8) is 0 Å². The van der Waals surface area contributed by atoms with Crippen molar-refractivity contribution in [1.29, 1.82) is 0 Å². The van der Waals surface area contributed by atoms with Gasteiger partial charge in [0, 0.05) is 24.2 Å². The van der Waals surface area contributed by atoms with Gasteiger partial charge in [-0.2, -0.15) is 4.98 Å². The van der Waals surface area contributed by atoms with E-state index in [-0.39, 0.29) is 67.3 Å². The average molecular weight is 811 g/mol. The number of aromatic amines is 1. The van der Waals surface area contributed by atoms with Crippen LogP contribution in [-0.4, -0.2) is 122 Å². The first-order chi connectivity index (χ1) is 27.5. The number of nitrogen functional groups attached to an aromatic ring is 1. The van der Waals surface area contributed by atoms with Gasteiger partial charge in [0.1, 0.15) is 18.4 Å². The van der Waals surface area contributed by atoms with Crippen LogP contribution < -0.4 is 54.7 Å². The average Bonchev–Trinajstić information content (AvgIpc) is 3.17. The molecule has 1 unspecified atom stereocenters. The number of H-pyrrole nitrogens is 1. The highest BCUT2D eigenvalue weighted by Crippen LogP contribution is 2.12. The molecule has 5 amide bonds. The number of aliphatic carboxylic acids is 2. The van der Waals surface area contributed by atoms with Crippen molar-refractivity contribution < 1.29 is 48.6 Å². The SMILES string of the molecule is NC(N)=NCCC[C@H](NC(=O)CNC(=O)CC[C@H](NC(=O)c1ccc(NCc2cnc3nc(N)[nH]c(=O)c3n2)cc1)C(=O)O)C(=O)NCC(=O)NC(C=O)CC(=O)O. The van der Waals surface area contributed by atoms with Crippen LogP contribution in [0.1, 0.15) is 48.2 Å². The van der Waals surface area contributed by atoms with Gasteiger partial charge in [-0.1, -0.05) is 0 Å². The molecule has 0 aliphatic heterocycles. The number of nitrogens with one attached hydrogen (secondary N) is 7. The Bertz CT molecular complexity index is 2090. The Morgan fingerprint density at radius 2 is 1.57 bits per heavy atom. The van der Waals surface area contributed by atoms with Gasteiger partial charge in [0.05, 0.1) is 44.0 Å². The molecular weight excluding hydrogens is 768 g/mol. The first-order valence-corrected chi connectivity index (χ1v) is 17.3. The number of rotatable bonds is 23. The maximum atomic E-state index is 12.8. The second kappa shape index (κ2) is 22.0. The molecule has 0 bridgehead atoms. The monoisotopic (exact) mass is 810 g/mol. The lowest BCUT2D eigenvalue weighted by Crippen LogP contribution is -2.51. The van der Waals surface area contributed by atoms with E-state index in [1.54, 1.807) is 12.1 Å². The number of anilines is 2. The highest BCUT2D eigenvalue weighted by Gasteiger charge is 2.24. The Morgan fingerprint density at radius 3 is 2.22 bits per heavy atom. The van der Waals surface area contributed by atoms with Crippen LogP contribution in [0.2, 0.25) is 0 Å². The highest BCUT2D eigenvalue weighted by atomic mass is 16.4. The lowest BCUT2D eigenvalue weighted by Gasteiger charge is -2.19. The number of guanidine groups is 1. The fraction of sp³-hybridized carbons (Fsp3) is 0.364. The molecule has 25 heteroatoms. The third-order valence-corrected chi connectivity index (χ3v) is 7.74. The third kappa shape index (κ3) is 15.2. The maximum Gasteiger partial charge on any atom is 0.326 e. The second-order valence-corrected chi connectivity index (χ2v) is 12.3. The van der Waals surface area contributed by atoms with Gasteiger partial charge in [-0.25, -0.2) is 14.8 Å². The van der Waals surface area contributed by atoms with Crippen molar-refractivity contribution in [3.8, 4) is 0 Å². The van der Waals surface area contributed by atoms with Crippen LogP contribution in [0.3, 0.4) is 0 Å². The Morgan fingerprint density at radius 1 is 0.879 bits per heavy atom. The minimum atomic E-state index is -1.48. The van der Waals surface area contributed by atoms with E-state index in [1.165, 1.54) is 18.3 Å². The van der Waals surface area contributed by atoms with E-state index in [4.69, 9.17) is 22.3 Å². The molecule has 0 spiro atoms. The highest BCUT2D eigenvalue weighted by molar-refractivity contribution is 5.97. The molecule has 25 nitrogen and oxygen atoms in total. The second-order valence-electron chi connectivity index (χ2n) is 12.3. The molecule has 2 aromatic heterocycles. The molecule has 3 aromatic rings. The predicted octanol–water partition coefficient (Wildman–Crippen LogP) is -4.20. The van der Waals surface area contributed by atoms with Gasteiger partial charge < -0.3 is 64.1 Å². The number of carboxylic acid groups (broad SMARTS) is 2. The number of aromatic nitrogens is 4. The van der Waals surface area contributed by atoms with Crippen molar-refractivity contribution in [3.05, 3.63) is 52.1 Å². The molecule has 0 saturated carbocycles. The van der Waals surface area contributed by atoms with Crippen molar-refractivity contribution in [2.45, 2.75) is 56.8 Å². The summed E-state index contributed by atoms with van der Waals surface area (Å²) in [5.74, 6) is -7.07. The third-order valence-electron chi connectivity index (χ3n) is 7.74. The summed E-state index contributed by atoms with van der Waals surface area (Å²) < 4.78 is 0. The first-order valence-electron chi connectivity index (χ1n) is 17.3. The minimum Gasteiger partial charge on any atom is -0.481 e. The van der Waals surface area contributed by atoms with Crippen molar-refractivity contribution in [1.82, 2.24) is 46.5 Å². The normalized spacial score (nSPS) is 12.1. The molecule has 0 aliphatic carbocycles. The van der Waals surface area contributed by atoms with E-state index >= 15 is 0 Å². The predicted molar refractivity (Wildman–Crippen MR) is 202 cm³/mol. The Hall–Kier alpha value is -7.73. The molecule has 58 heavy (non-hydrogen) atoms. The number of fused-ring (bicyclic) bond motifs is 1. The molecule has 310 valence electrons. The van der Waals surface area contributed by atoms with Gasteiger partial charge in [0.2, 0.25) is 29.6 Å². The Labute approximate surface area is 327 Å². The number of aldehydes is 1. The molecule has 0 aliphatic rings. The van der Waals surface area contributed by atoms with Crippen LogP contribution in [-0.2, 0) is 40.1 Å². The van der Waals surface area contributed by atoms with Gasteiger partial charge in [-0.15, -0.1) is 0 Å². The fourth-order valence-corrected chi connectivity index (χ4v) is 4.92. The van der Waals surface area contributed by atoms with Gasteiger partial charge in [0.15, 0.2) is 17.1 Å². The zero-order valence-corrected chi connectivity index (χ0v) is 30.6. The summed E-state index contributed by atoms with van der Waals surface area (Å²) in [4.78, 5) is 127. The van der Waals surface area contributed by atoms with Crippen LogP contribution in [0.4, 0.5) is 11.6 Å². The topological polar surface area (TPSA) is 411 Å². The Balaban J connectivity index is 1.47. The number of aliphatic imine (C=N–C) groups is 1. The van der Waals surface area contributed by atoms with Crippen molar-refractivity contribution in [2.24, 2.45) is 16.5 Å². The molecular formula is C33H42N14O11. The van der Waals surface area contributed by atoms with Crippen molar-refractivity contribution in [2.75, 3.05) is 30.7 Å². The quantitative estimate of drug-likeness (QED) is 0.0187. The lowest BCUT2D eigenvalue weighted by atomic mass is 10.1. The number of benzene rings is 1. The number of carbonyl (C=O) groups is 8. The van der Waals surface area contributed by atoms with E-state index in [9.17, 15) is 48.3 Å². The molecule has 3 atom stereocenters. The molecule has 0 saturated heterocycles. The molecule has 0 fully saturated rings. The van der Waals surface area contributed by atoms with E-state index in [1.807, 2.05) is 0 Å². The van der Waals surface area contributed by atoms with Crippen LogP contribution in [0.25, 0.3) is 11.2 Å². The number of hydrogen-bond acceptors (Lipinski definition) is 15. The van der Waals surface area contributed by atoms with E-state index in [2.05, 4.69) is 56.8 Å². The summed E-state index contributed by atoms with van der Waals surface area (Å²) in [6.07, 6.45) is 0.385. The zero-order chi connectivity index (χ0) is 42.8. The maximum absolute atomic E-state index is 12.8. The van der Waals surface area contributed by atoms with Crippen LogP contribution in [0.15, 0.2) is 40.2 Å². The number of carboxylic acids is 2. The summed E-state index contributed by atoms with van der Waals surface area (Å²) >= 11 is 0. The van der Waals surface area contributed by atoms with E-state index in [0.717, 1.165) is 0 Å². The van der Waals surface area contributed by atoms with Gasteiger partial charge in [-0.05, 0) is 43.5 Å². The van der Waals surface area contributed by atoms with Crippen LogP contribution >= 0.6 is 0 Å². The van der Waals surface area contributed by atoms with Gasteiger partial charge >= 0.3 is 11.9 Å². The summed E-state index contributed by atoms with van der Waals surface area (Å²) in [5.41, 5.74) is 16.7. The fourth-order valence-electron chi connectivity index (χ4n) is 4.92. The number of hydrogen-bond donors (Lipinski definition) is 12.